The summed E-state index contributed by atoms with van der Waals surface area (Å²) in [5, 5.41) is 11.0. The van der Waals surface area contributed by atoms with E-state index in [1.165, 1.54) is 18.3 Å². The Labute approximate surface area is 152 Å². The highest BCUT2D eigenvalue weighted by Crippen LogP contribution is 2.26. The molecule has 0 radical (unpaired) electrons. The second kappa shape index (κ2) is 7.62. The maximum Gasteiger partial charge on any atom is 0.293 e. The summed E-state index contributed by atoms with van der Waals surface area (Å²) in [7, 11) is 0. The van der Waals surface area contributed by atoms with Crippen LogP contribution in [0.15, 0.2) is 45.2 Å². The number of nitrogens with zero attached hydrogens (tertiary/aromatic N) is 2. The molecule has 0 saturated carbocycles. The Hall–Kier alpha value is -2.45. The number of rotatable bonds is 6. The van der Waals surface area contributed by atoms with Gasteiger partial charge in [0.2, 0.25) is 5.13 Å². The molecule has 8 heteroatoms. The Kier molecular flexibility index (Phi) is 5.30. The Bertz CT molecular complexity index is 900. The molecule has 0 bridgehead atoms. The van der Waals surface area contributed by atoms with Crippen LogP contribution in [0.2, 0.25) is 0 Å². The molecule has 0 fully saturated rings. The average Bonchev–Trinajstić information content (AvgIpc) is 3.25. The van der Waals surface area contributed by atoms with Crippen LogP contribution in [0.3, 0.4) is 0 Å². The van der Waals surface area contributed by atoms with E-state index in [1.807, 2.05) is 6.92 Å². The molecule has 2 heterocycles. The monoisotopic (exact) mass is 373 g/mol. The highest BCUT2D eigenvalue weighted by molar-refractivity contribution is 8.01. The zero-order valence-electron chi connectivity index (χ0n) is 13.6. The number of carbonyl (C=O) groups excluding carboxylic acids is 2. The molecule has 0 spiro atoms. The Morgan fingerprint density at radius 2 is 1.92 bits per heavy atom. The zero-order chi connectivity index (χ0) is 17.8. The van der Waals surface area contributed by atoms with Gasteiger partial charge in [-0.25, -0.2) is 0 Å². The number of amides is 1. The summed E-state index contributed by atoms with van der Waals surface area (Å²) < 4.78 is 6.42. The van der Waals surface area contributed by atoms with Crippen molar-refractivity contribution in [2.24, 2.45) is 0 Å². The molecule has 1 aromatic carbocycles. The molecule has 0 aliphatic carbocycles. The van der Waals surface area contributed by atoms with Crippen LogP contribution in [0.25, 0.3) is 11.3 Å². The molecule has 0 aliphatic heterocycles. The van der Waals surface area contributed by atoms with Gasteiger partial charge in [0.15, 0.2) is 15.9 Å². The summed E-state index contributed by atoms with van der Waals surface area (Å²) in [4.78, 5) is 23.6. The summed E-state index contributed by atoms with van der Waals surface area (Å²) in [6.07, 6.45) is 0. The minimum Gasteiger partial charge on any atom is -0.451 e. The molecule has 128 valence electrons. The van der Waals surface area contributed by atoms with Crippen molar-refractivity contribution in [3.05, 3.63) is 47.7 Å². The Balaban J connectivity index is 1.71. The molecule has 3 rings (SSSR count). The first-order chi connectivity index (χ1) is 12.1. The van der Waals surface area contributed by atoms with Gasteiger partial charge in [-0.1, -0.05) is 54.3 Å². The van der Waals surface area contributed by atoms with E-state index < -0.39 is 0 Å². The van der Waals surface area contributed by atoms with Crippen LogP contribution in [0.1, 0.15) is 34.8 Å². The highest BCUT2D eigenvalue weighted by Gasteiger charge is 2.15. The molecule has 2 aromatic heterocycles. The lowest BCUT2D eigenvalue weighted by Gasteiger charge is -2.00. The molecular weight excluding hydrogens is 358 g/mol. The predicted octanol–water partition coefficient (Wildman–Crippen LogP) is 4.37. The number of hydrogen-bond donors (Lipinski definition) is 1. The van der Waals surface area contributed by atoms with Crippen LogP contribution in [-0.2, 0) is 0 Å². The fourth-order valence-electron chi connectivity index (χ4n) is 2.09. The predicted molar refractivity (Wildman–Crippen MR) is 98.4 cm³/mol. The van der Waals surface area contributed by atoms with Crippen LogP contribution < -0.4 is 5.32 Å². The third-order valence-corrected chi connectivity index (χ3v) is 5.15. The summed E-state index contributed by atoms with van der Waals surface area (Å²) in [5.74, 6) is 1.26. The number of Topliss-reactive ketones (excluding diaryl/α,β-unsaturated/α-hetero) is 1. The molecule has 0 atom stereocenters. The van der Waals surface area contributed by atoms with Gasteiger partial charge < -0.3 is 4.42 Å². The maximum absolute atomic E-state index is 12.3. The number of hydrogen-bond acceptors (Lipinski definition) is 7. The van der Waals surface area contributed by atoms with Gasteiger partial charge in [-0.15, -0.1) is 10.2 Å². The largest absolute Gasteiger partial charge is 0.451 e. The van der Waals surface area contributed by atoms with Gasteiger partial charge in [0.05, 0.1) is 0 Å². The van der Waals surface area contributed by atoms with Crippen molar-refractivity contribution in [3.63, 3.8) is 0 Å². The van der Waals surface area contributed by atoms with Gasteiger partial charge in [0.1, 0.15) is 5.76 Å². The van der Waals surface area contributed by atoms with Crippen molar-refractivity contribution in [2.45, 2.75) is 18.2 Å². The van der Waals surface area contributed by atoms with E-state index in [0.29, 0.717) is 16.5 Å². The Morgan fingerprint density at radius 3 is 2.60 bits per heavy atom. The molecule has 3 aromatic rings. The van der Waals surface area contributed by atoms with Gasteiger partial charge in [-0.3, -0.25) is 14.9 Å². The van der Waals surface area contributed by atoms with E-state index in [2.05, 4.69) is 15.5 Å². The topological polar surface area (TPSA) is 85.1 Å². The molecule has 1 N–H and O–H groups in total. The molecule has 0 saturated heterocycles. The number of benzene rings is 1. The van der Waals surface area contributed by atoms with Crippen LogP contribution in [-0.4, -0.2) is 27.6 Å². The van der Waals surface area contributed by atoms with Crippen LogP contribution in [0.5, 0.6) is 0 Å². The fourth-order valence-corrected chi connectivity index (χ4v) is 3.73. The number of thioether (sulfide) groups is 1. The fraction of sp³-hybridized carbons (Fsp3) is 0.176. The minimum atomic E-state index is -0.379. The second-order valence-corrected chi connectivity index (χ2v) is 7.55. The van der Waals surface area contributed by atoms with Crippen molar-refractivity contribution in [1.82, 2.24) is 10.2 Å². The minimum absolute atomic E-state index is 0.00345. The Morgan fingerprint density at radius 1 is 1.16 bits per heavy atom. The third-order valence-electron chi connectivity index (χ3n) is 3.30. The maximum atomic E-state index is 12.3. The quantitative estimate of drug-likeness (QED) is 0.392. The number of ketones is 1. The summed E-state index contributed by atoms with van der Waals surface area (Å²) in [5.41, 5.74) is 1.42. The van der Waals surface area contributed by atoms with E-state index in [4.69, 9.17) is 4.42 Å². The lowest BCUT2D eigenvalue weighted by atomic mass is 10.1. The van der Waals surface area contributed by atoms with Gasteiger partial charge in [-0.05, 0) is 24.8 Å². The van der Waals surface area contributed by atoms with Gasteiger partial charge in [-0.2, -0.15) is 0 Å². The third kappa shape index (κ3) is 4.15. The van der Waals surface area contributed by atoms with Gasteiger partial charge in [0.25, 0.3) is 5.91 Å². The second-order valence-electron chi connectivity index (χ2n) is 5.06. The first-order valence-electron chi connectivity index (χ1n) is 7.55. The molecule has 0 aliphatic rings. The van der Waals surface area contributed by atoms with Gasteiger partial charge >= 0.3 is 0 Å². The van der Waals surface area contributed by atoms with Crippen molar-refractivity contribution in [3.8, 4) is 11.3 Å². The van der Waals surface area contributed by atoms with E-state index in [-0.39, 0.29) is 17.5 Å². The summed E-state index contributed by atoms with van der Waals surface area (Å²) >= 11 is 2.89. The van der Waals surface area contributed by atoms with E-state index >= 15 is 0 Å². The molecule has 1 amide bonds. The van der Waals surface area contributed by atoms with Crippen molar-refractivity contribution in [2.75, 3.05) is 11.1 Å². The standard InChI is InChI=1S/C17H15N3O3S2/c1-3-24-17-20-19-16(25-17)18-15(22)14-9-8-13(23-14)12-6-4-11(5-7-12)10(2)21/h4-9H,3H2,1-2H3,(H,18,19,22). The van der Waals surface area contributed by atoms with Crippen LogP contribution in [0, 0.1) is 0 Å². The average molecular weight is 373 g/mol. The van der Waals surface area contributed by atoms with Crippen molar-refractivity contribution in [1.29, 1.82) is 0 Å². The SMILES string of the molecule is CCSc1nnc(NC(=O)c2ccc(-c3ccc(C(C)=O)cc3)o2)s1. The van der Waals surface area contributed by atoms with Crippen molar-refractivity contribution < 1.29 is 14.0 Å². The number of aromatic nitrogens is 2. The number of carbonyl (C=O) groups is 2. The van der Waals surface area contributed by atoms with E-state index in [0.717, 1.165) is 15.7 Å². The van der Waals surface area contributed by atoms with Crippen LogP contribution in [0.4, 0.5) is 5.13 Å². The first-order valence-corrected chi connectivity index (χ1v) is 9.36. The van der Waals surface area contributed by atoms with E-state index in [9.17, 15) is 9.59 Å². The zero-order valence-corrected chi connectivity index (χ0v) is 15.2. The number of furan rings is 1. The van der Waals surface area contributed by atoms with Gasteiger partial charge in [0, 0.05) is 11.1 Å². The lowest BCUT2D eigenvalue weighted by molar-refractivity contribution is 0.0994. The lowest BCUT2D eigenvalue weighted by Crippen LogP contribution is -2.10. The smallest absolute Gasteiger partial charge is 0.293 e. The van der Waals surface area contributed by atoms with Crippen LogP contribution >= 0.6 is 23.1 Å². The normalized spacial score (nSPS) is 10.6. The van der Waals surface area contributed by atoms with E-state index in [1.54, 1.807) is 48.2 Å². The first kappa shape index (κ1) is 17.4. The summed E-state index contributed by atoms with van der Waals surface area (Å²) in [6.45, 7) is 3.54. The van der Waals surface area contributed by atoms with Crippen molar-refractivity contribution >= 4 is 39.9 Å². The molecule has 25 heavy (non-hydrogen) atoms. The molecule has 6 nitrogen and oxygen atoms in total. The number of anilines is 1. The summed E-state index contributed by atoms with van der Waals surface area (Å²) in [6, 6.07) is 10.4. The highest BCUT2D eigenvalue weighted by atomic mass is 32.2. The molecular formula is C17H15N3O3S2. The number of nitrogens with one attached hydrogen (secondary N) is 1. The molecule has 0 unspecified atom stereocenters.